The molecule has 0 fully saturated rings. The van der Waals surface area contributed by atoms with Gasteiger partial charge in [-0.2, -0.15) is 5.26 Å². The van der Waals surface area contributed by atoms with Crippen molar-refractivity contribution in [1.82, 2.24) is 0 Å². The summed E-state index contributed by atoms with van der Waals surface area (Å²) < 4.78 is 27.3. The molecule has 0 bridgehead atoms. The van der Waals surface area contributed by atoms with Crippen LogP contribution in [0.25, 0.3) is 0 Å². The first-order chi connectivity index (χ1) is 10.9. The minimum atomic E-state index is -3.79. The number of benzene rings is 2. The van der Waals surface area contributed by atoms with Crippen LogP contribution >= 0.6 is 11.8 Å². The zero-order valence-corrected chi connectivity index (χ0v) is 13.5. The fraction of sp³-hybridized carbons (Fsp3) is 0.0667. The fourth-order valence-corrected chi connectivity index (χ4v) is 3.63. The number of hydrogen-bond acceptors (Lipinski definition) is 5. The van der Waals surface area contributed by atoms with Gasteiger partial charge in [-0.25, -0.2) is 8.42 Å². The van der Waals surface area contributed by atoms with Crippen LogP contribution in [0.15, 0.2) is 58.3 Å². The molecule has 0 aromatic heterocycles. The van der Waals surface area contributed by atoms with Gasteiger partial charge in [0, 0.05) is 4.90 Å². The van der Waals surface area contributed by atoms with Gasteiger partial charge in [0.05, 0.1) is 28.0 Å². The zero-order chi connectivity index (χ0) is 16.9. The Morgan fingerprint density at radius 1 is 1.17 bits per heavy atom. The topological polar surface area (TPSA) is 113 Å². The number of carbonyl (C=O) groups excluding carboxylic acids is 1. The molecule has 0 aliphatic heterocycles. The van der Waals surface area contributed by atoms with Crippen molar-refractivity contribution in [1.29, 1.82) is 5.26 Å². The van der Waals surface area contributed by atoms with Crippen molar-refractivity contribution in [3.8, 4) is 6.07 Å². The number of thioether (sulfide) groups is 1. The Labute approximate surface area is 138 Å². The number of sulfonamides is 1. The normalized spacial score (nSPS) is 10.7. The number of nitrogens with one attached hydrogen (secondary N) is 1. The van der Waals surface area contributed by atoms with E-state index in [9.17, 15) is 13.2 Å². The number of rotatable bonds is 6. The van der Waals surface area contributed by atoms with Crippen LogP contribution in [0.3, 0.4) is 0 Å². The molecule has 0 saturated heterocycles. The van der Waals surface area contributed by atoms with E-state index in [2.05, 4.69) is 4.72 Å². The average Bonchev–Trinajstić information content (AvgIpc) is 2.53. The molecule has 3 N–H and O–H groups in total. The first-order valence-electron chi connectivity index (χ1n) is 6.45. The molecule has 0 aliphatic carbocycles. The lowest BCUT2D eigenvalue weighted by molar-refractivity contribution is -0.115. The molecule has 1 amide bonds. The molecule has 0 unspecified atom stereocenters. The van der Waals surface area contributed by atoms with Crippen molar-refractivity contribution in [2.45, 2.75) is 9.79 Å². The van der Waals surface area contributed by atoms with Gasteiger partial charge < -0.3 is 5.73 Å². The molecule has 2 rings (SSSR count). The Kier molecular flexibility index (Phi) is 5.26. The molecule has 0 aliphatic rings. The van der Waals surface area contributed by atoms with Crippen molar-refractivity contribution in [3.05, 3.63) is 54.1 Å². The Morgan fingerprint density at radius 3 is 2.43 bits per heavy atom. The second kappa shape index (κ2) is 7.17. The molecule has 118 valence electrons. The van der Waals surface area contributed by atoms with Gasteiger partial charge in [-0.05, 0) is 36.4 Å². The Morgan fingerprint density at radius 2 is 1.83 bits per heavy atom. The standard InChI is InChI=1S/C15H13N3O3S2/c16-9-11-5-7-12(8-6-11)23(20,21)18-13-3-1-2-4-14(13)22-10-15(17)19/h1-8,18H,10H2,(H2,17,19). The number of para-hydroxylation sites is 1. The molecule has 2 aromatic rings. The molecule has 23 heavy (non-hydrogen) atoms. The van der Waals surface area contributed by atoms with Crippen molar-refractivity contribution in [2.24, 2.45) is 5.73 Å². The summed E-state index contributed by atoms with van der Waals surface area (Å²) in [7, 11) is -3.79. The second-order valence-electron chi connectivity index (χ2n) is 4.49. The van der Waals surface area contributed by atoms with Gasteiger partial charge in [-0.3, -0.25) is 9.52 Å². The lowest BCUT2D eigenvalue weighted by atomic mass is 10.2. The van der Waals surface area contributed by atoms with E-state index in [0.717, 1.165) is 11.8 Å². The summed E-state index contributed by atoms with van der Waals surface area (Å²) in [6, 6.07) is 14.2. The molecule has 0 radical (unpaired) electrons. The lowest BCUT2D eigenvalue weighted by Gasteiger charge is -2.12. The van der Waals surface area contributed by atoms with Crippen LogP contribution in [-0.2, 0) is 14.8 Å². The van der Waals surface area contributed by atoms with E-state index < -0.39 is 15.9 Å². The average molecular weight is 347 g/mol. The molecule has 0 heterocycles. The van der Waals surface area contributed by atoms with Gasteiger partial charge in [-0.1, -0.05) is 12.1 Å². The van der Waals surface area contributed by atoms with E-state index in [1.54, 1.807) is 24.3 Å². The number of anilines is 1. The van der Waals surface area contributed by atoms with Crippen LogP contribution in [-0.4, -0.2) is 20.1 Å². The number of hydrogen-bond donors (Lipinski definition) is 2. The van der Waals surface area contributed by atoms with Gasteiger partial charge in [0.15, 0.2) is 0 Å². The highest BCUT2D eigenvalue weighted by Gasteiger charge is 2.16. The number of nitriles is 1. The van der Waals surface area contributed by atoms with Gasteiger partial charge in [0.25, 0.3) is 10.0 Å². The van der Waals surface area contributed by atoms with Gasteiger partial charge >= 0.3 is 0 Å². The first-order valence-corrected chi connectivity index (χ1v) is 8.92. The van der Waals surface area contributed by atoms with Crippen LogP contribution < -0.4 is 10.5 Å². The predicted molar refractivity (Wildman–Crippen MR) is 88.3 cm³/mol. The Hall–Kier alpha value is -2.50. The van der Waals surface area contributed by atoms with Crippen molar-refractivity contribution in [2.75, 3.05) is 10.5 Å². The van der Waals surface area contributed by atoms with Crippen molar-refractivity contribution < 1.29 is 13.2 Å². The highest BCUT2D eigenvalue weighted by molar-refractivity contribution is 8.00. The molecule has 0 spiro atoms. The maximum atomic E-state index is 12.4. The van der Waals surface area contributed by atoms with E-state index >= 15 is 0 Å². The van der Waals surface area contributed by atoms with Gasteiger partial charge in [0.2, 0.25) is 5.91 Å². The maximum absolute atomic E-state index is 12.4. The largest absolute Gasteiger partial charge is 0.369 e. The lowest BCUT2D eigenvalue weighted by Crippen LogP contribution is -2.15. The Bertz CT molecular complexity index is 856. The molecular formula is C15H13N3O3S2. The first kappa shape index (κ1) is 16.9. The summed E-state index contributed by atoms with van der Waals surface area (Å²) >= 11 is 1.15. The number of nitrogens with two attached hydrogens (primary N) is 1. The Balaban J connectivity index is 2.26. The SMILES string of the molecule is N#Cc1ccc(S(=O)(=O)Nc2ccccc2SCC(N)=O)cc1. The molecule has 2 aromatic carbocycles. The van der Waals surface area contributed by atoms with E-state index in [4.69, 9.17) is 11.0 Å². The van der Waals surface area contributed by atoms with Crippen molar-refractivity contribution in [3.63, 3.8) is 0 Å². The third-order valence-corrected chi connectivity index (χ3v) is 5.27. The predicted octanol–water partition coefficient (Wildman–Crippen LogP) is 1.94. The second-order valence-corrected chi connectivity index (χ2v) is 7.19. The van der Waals surface area contributed by atoms with E-state index in [1.807, 2.05) is 6.07 Å². The van der Waals surface area contributed by atoms with E-state index in [-0.39, 0.29) is 10.6 Å². The summed E-state index contributed by atoms with van der Waals surface area (Å²) in [4.78, 5) is 11.5. The summed E-state index contributed by atoms with van der Waals surface area (Å²) in [5.41, 5.74) is 5.85. The number of amides is 1. The molecule has 0 atom stereocenters. The number of primary amides is 1. The van der Waals surface area contributed by atoms with E-state index in [0.29, 0.717) is 16.1 Å². The minimum Gasteiger partial charge on any atom is -0.369 e. The summed E-state index contributed by atoms with van der Waals surface area (Å²) in [5.74, 6) is -0.435. The molecular weight excluding hydrogens is 334 g/mol. The van der Waals surface area contributed by atoms with Gasteiger partial charge in [0.1, 0.15) is 0 Å². The zero-order valence-electron chi connectivity index (χ0n) is 11.9. The molecule has 0 saturated carbocycles. The van der Waals surface area contributed by atoms with Crippen LogP contribution in [0, 0.1) is 11.3 Å². The quantitative estimate of drug-likeness (QED) is 0.775. The van der Waals surface area contributed by atoms with Crippen LogP contribution in [0.1, 0.15) is 5.56 Å². The van der Waals surface area contributed by atoms with Crippen molar-refractivity contribution >= 4 is 33.4 Å². The van der Waals surface area contributed by atoms with Gasteiger partial charge in [-0.15, -0.1) is 11.8 Å². The van der Waals surface area contributed by atoms with Crippen LogP contribution in [0.5, 0.6) is 0 Å². The summed E-state index contributed by atoms with van der Waals surface area (Å²) in [5, 5.41) is 8.75. The number of carbonyl (C=O) groups is 1. The minimum absolute atomic E-state index is 0.0474. The smallest absolute Gasteiger partial charge is 0.261 e. The maximum Gasteiger partial charge on any atom is 0.261 e. The van der Waals surface area contributed by atoms with Crippen LogP contribution in [0.2, 0.25) is 0 Å². The number of nitrogens with zero attached hydrogens (tertiary/aromatic N) is 1. The highest BCUT2D eigenvalue weighted by atomic mass is 32.2. The monoisotopic (exact) mass is 347 g/mol. The molecule has 6 nitrogen and oxygen atoms in total. The van der Waals surface area contributed by atoms with Crippen LogP contribution in [0.4, 0.5) is 5.69 Å². The highest BCUT2D eigenvalue weighted by Crippen LogP contribution is 2.28. The summed E-state index contributed by atoms with van der Waals surface area (Å²) in [6.07, 6.45) is 0. The third kappa shape index (κ3) is 4.48. The molecule has 8 heteroatoms. The van der Waals surface area contributed by atoms with E-state index in [1.165, 1.54) is 24.3 Å². The third-order valence-electron chi connectivity index (χ3n) is 2.80. The fourth-order valence-electron chi connectivity index (χ4n) is 1.74. The summed E-state index contributed by atoms with van der Waals surface area (Å²) in [6.45, 7) is 0.